The lowest BCUT2D eigenvalue weighted by atomic mass is 10.2. The smallest absolute Gasteiger partial charge is 0.234 e. The Morgan fingerprint density at radius 1 is 1.07 bits per heavy atom. The van der Waals surface area contributed by atoms with Crippen LogP contribution in [0.5, 0.6) is 0 Å². The van der Waals surface area contributed by atoms with Crippen LogP contribution < -0.4 is 10.2 Å². The number of carbonyl (C=O) groups excluding carboxylic acids is 1. The van der Waals surface area contributed by atoms with Gasteiger partial charge in [-0.05, 0) is 48.6 Å². The van der Waals surface area contributed by atoms with Crippen molar-refractivity contribution in [2.45, 2.75) is 25.8 Å². The molecular formula is C20H24ClN5O. The van der Waals surface area contributed by atoms with Gasteiger partial charge in [0.1, 0.15) is 0 Å². The molecule has 0 saturated carbocycles. The average Bonchev–Trinajstić information content (AvgIpc) is 3.16. The largest absolute Gasteiger partial charge is 0.353 e. The first kappa shape index (κ1) is 18.2. The van der Waals surface area contributed by atoms with Crippen molar-refractivity contribution >= 4 is 23.3 Å². The zero-order chi connectivity index (χ0) is 18.6. The molecule has 1 aliphatic carbocycles. The van der Waals surface area contributed by atoms with Crippen molar-refractivity contribution in [3.8, 4) is 0 Å². The summed E-state index contributed by atoms with van der Waals surface area (Å²) in [5.41, 5.74) is 3.56. The molecule has 1 aromatic heterocycles. The third kappa shape index (κ3) is 4.57. The molecule has 2 heterocycles. The minimum absolute atomic E-state index is 0.0516. The van der Waals surface area contributed by atoms with Crippen molar-refractivity contribution in [1.82, 2.24) is 20.4 Å². The summed E-state index contributed by atoms with van der Waals surface area (Å²) >= 11 is 5.88. The molecule has 1 fully saturated rings. The van der Waals surface area contributed by atoms with Gasteiger partial charge in [0.05, 0.1) is 12.2 Å². The maximum Gasteiger partial charge on any atom is 0.234 e. The number of hydrogen-bond acceptors (Lipinski definition) is 5. The van der Waals surface area contributed by atoms with Crippen LogP contribution in [0.25, 0.3) is 0 Å². The molecule has 1 aromatic carbocycles. The third-order valence-electron chi connectivity index (χ3n) is 5.27. The van der Waals surface area contributed by atoms with E-state index in [1.165, 1.54) is 12.0 Å². The minimum atomic E-state index is 0.0516. The van der Waals surface area contributed by atoms with E-state index in [1.807, 2.05) is 24.3 Å². The highest BCUT2D eigenvalue weighted by Crippen LogP contribution is 2.23. The van der Waals surface area contributed by atoms with E-state index in [0.29, 0.717) is 18.1 Å². The van der Waals surface area contributed by atoms with Crippen LogP contribution in [0, 0.1) is 0 Å². The molecule has 7 heteroatoms. The van der Waals surface area contributed by atoms with E-state index in [1.54, 1.807) is 0 Å². The van der Waals surface area contributed by atoms with Gasteiger partial charge >= 0.3 is 0 Å². The van der Waals surface area contributed by atoms with Gasteiger partial charge in [0, 0.05) is 37.7 Å². The Morgan fingerprint density at radius 3 is 2.63 bits per heavy atom. The molecule has 1 saturated heterocycles. The topological polar surface area (TPSA) is 61.4 Å². The van der Waals surface area contributed by atoms with Gasteiger partial charge in [0.15, 0.2) is 5.82 Å². The summed E-state index contributed by atoms with van der Waals surface area (Å²) in [6.45, 7) is 4.41. The monoisotopic (exact) mass is 385 g/mol. The summed E-state index contributed by atoms with van der Waals surface area (Å²) in [5.74, 6) is 1.03. The van der Waals surface area contributed by atoms with Crippen molar-refractivity contribution in [2.24, 2.45) is 0 Å². The van der Waals surface area contributed by atoms with Crippen molar-refractivity contribution in [3.63, 3.8) is 0 Å². The summed E-state index contributed by atoms with van der Waals surface area (Å²) in [6.07, 6.45) is 3.36. The van der Waals surface area contributed by atoms with Gasteiger partial charge in [0.2, 0.25) is 5.91 Å². The Bertz CT molecular complexity index is 803. The van der Waals surface area contributed by atoms with E-state index in [-0.39, 0.29) is 5.91 Å². The fraction of sp³-hybridized carbons (Fsp3) is 0.450. The number of halogens is 1. The molecule has 0 bridgehead atoms. The number of nitrogens with one attached hydrogen (secondary N) is 1. The Morgan fingerprint density at radius 2 is 1.85 bits per heavy atom. The Kier molecular flexibility index (Phi) is 5.55. The maximum atomic E-state index is 12.2. The normalized spacial score (nSPS) is 17.0. The Labute approximate surface area is 164 Å². The number of piperazine rings is 1. The molecule has 142 valence electrons. The van der Waals surface area contributed by atoms with E-state index in [9.17, 15) is 4.79 Å². The highest BCUT2D eigenvalue weighted by molar-refractivity contribution is 6.30. The number of benzene rings is 1. The van der Waals surface area contributed by atoms with Gasteiger partial charge in [0.25, 0.3) is 0 Å². The summed E-state index contributed by atoms with van der Waals surface area (Å²) in [4.78, 5) is 16.7. The molecular weight excluding hydrogens is 362 g/mol. The average molecular weight is 386 g/mol. The number of anilines is 1. The molecule has 2 aliphatic rings. The summed E-state index contributed by atoms with van der Waals surface area (Å²) in [7, 11) is 0. The molecule has 4 rings (SSSR count). The lowest BCUT2D eigenvalue weighted by molar-refractivity contribution is -0.122. The number of hydrogen-bond donors (Lipinski definition) is 1. The van der Waals surface area contributed by atoms with Crippen molar-refractivity contribution in [2.75, 3.05) is 37.6 Å². The fourth-order valence-electron chi connectivity index (χ4n) is 3.67. The molecule has 1 amide bonds. The molecule has 0 radical (unpaired) electrons. The zero-order valence-corrected chi connectivity index (χ0v) is 16.1. The van der Waals surface area contributed by atoms with Crippen LogP contribution in [0.1, 0.15) is 23.2 Å². The van der Waals surface area contributed by atoms with E-state index in [2.05, 4.69) is 31.4 Å². The quantitative estimate of drug-likeness (QED) is 0.853. The van der Waals surface area contributed by atoms with Crippen LogP contribution in [-0.2, 0) is 24.2 Å². The molecule has 27 heavy (non-hydrogen) atoms. The van der Waals surface area contributed by atoms with E-state index < -0.39 is 0 Å². The highest BCUT2D eigenvalue weighted by Gasteiger charge is 2.22. The molecule has 0 spiro atoms. The predicted molar refractivity (Wildman–Crippen MR) is 106 cm³/mol. The first-order valence-corrected chi connectivity index (χ1v) is 9.89. The predicted octanol–water partition coefficient (Wildman–Crippen LogP) is 2.06. The van der Waals surface area contributed by atoms with Crippen molar-refractivity contribution in [1.29, 1.82) is 0 Å². The number of amides is 1. The van der Waals surface area contributed by atoms with Gasteiger partial charge in [-0.2, -0.15) is 5.10 Å². The molecule has 2 aromatic rings. The third-order valence-corrected chi connectivity index (χ3v) is 5.53. The molecule has 1 aliphatic heterocycles. The first-order chi connectivity index (χ1) is 13.2. The van der Waals surface area contributed by atoms with Crippen LogP contribution >= 0.6 is 11.6 Å². The van der Waals surface area contributed by atoms with Crippen LogP contribution in [0.2, 0.25) is 5.02 Å². The van der Waals surface area contributed by atoms with Gasteiger partial charge in [-0.25, -0.2) is 0 Å². The fourth-order valence-corrected chi connectivity index (χ4v) is 3.79. The van der Waals surface area contributed by atoms with Crippen LogP contribution in [0.3, 0.4) is 0 Å². The van der Waals surface area contributed by atoms with E-state index in [4.69, 9.17) is 11.6 Å². The van der Waals surface area contributed by atoms with Gasteiger partial charge in [-0.3, -0.25) is 9.69 Å². The molecule has 6 nitrogen and oxygen atoms in total. The maximum absolute atomic E-state index is 12.2. The van der Waals surface area contributed by atoms with E-state index >= 15 is 0 Å². The summed E-state index contributed by atoms with van der Waals surface area (Å²) < 4.78 is 0. The number of fused-ring (bicyclic) bond motifs is 1. The van der Waals surface area contributed by atoms with Gasteiger partial charge in [-0.15, -0.1) is 5.10 Å². The standard InChI is InChI=1S/C20H24ClN5O/c21-17-6-4-15(5-7-17)13-22-20(27)14-25-8-10-26(11-9-25)19-12-16-2-1-3-18(16)23-24-19/h4-7,12H,1-3,8-11,13-14H2,(H,22,27). The minimum Gasteiger partial charge on any atom is -0.353 e. The Hall–Kier alpha value is -2.18. The number of rotatable bonds is 5. The number of aromatic nitrogens is 2. The number of carbonyl (C=O) groups is 1. The molecule has 0 unspecified atom stereocenters. The number of aryl methyl sites for hydroxylation is 2. The van der Waals surface area contributed by atoms with Gasteiger partial charge < -0.3 is 10.2 Å². The second kappa shape index (κ2) is 8.23. The van der Waals surface area contributed by atoms with Crippen molar-refractivity contribution < 1.29 is 4.79 Å². The second-order valence-electron chi connectivity index (χ2n) is 7.19. The zero-order valence-electron chi connectivity index (χ0n) is 15.3. The second-order valence-corrected chi connectivity index (χ2v) is 7.63. The summed E-state index contributed by atoms with van der Waals surface area (Å²) in [5, 5.41) is 12.5. The van der Waals surface area contributed by atoms with E-state index in [0.717, 1.165) is 56.1 Å². The van der Waals surface area contributed by atoms with Crippen LogP contribution in [0.4, 0.5) is 5.82 Å². The lowest BCUT2D eigenvalue weighted by Crippen LogP contribution is -2.49. The molecule has 0 atom stereocenters. The highest BCUT2D eigenvalue weighted by atomic mass is 35.5. The van der Waals surface area contributed by atoms with Crippen LogP contribution in [-0.4, -0.2) is 53.7 Å². The number of nitrogens with zero attached hydrogens (tertiary/aromatic N) is 4. The van der Waals surface area contributed by atoms with Crippen molar-refractivity contribution in [3.05, 3.63) is 52.2 Å². The molecule has 1 N–H and O–H groups in total. The Balaban J connectivity index is 1.23. The SMILES string of the molecule is O=C(CN1CCN(c2cc3c(nn2)CCC3)CC1)NCc1ccc(Cl)cc1. The lowest BCUT2D eigenvalue weighted by Gasteiger charge is -2.34. The van der Waals surface area contributed by atoms with Gasteiger partial charge in [-0.1, -0.05) is 23.7 Å². The summed E-state index contributed by atoms with van der Waals surface area (Å²) in [6, 6.07) is 9.73. The van der Waals surface area contributed by atoms with Crippen LogP contribution in [0.15, 0.2) is 30.3 Å². The first-order valence-electron chi connectivity index (χ1n) is 9.51.